The highest BCUT2D eigenvalue weighted by Crippen LogP contribution is 2.18. The minimum absolute atomic E-state index is 0.850. The van der Waals surface area contributed by atoms with Gasteiger partial charge >= 0.3 is 0 Å². The number of aromatic nitrogens is 2. The molecule has 1 aromatic carbocycles. The first-order valence-corrected chi connectivity index (χ1v) is 6.08. The van der Waals surface area contributed by atoms with E-state index in [9.17, 15) is 0 Å². The van der Waals surface area contributed by atoms with Gasteiger partial charge in [0, 0.05) is 6.54 Å². The van der Waals surface area contributed by atoms with Crippen LogP contribution in [0.5, 0.6) is 0 Å². The molecule has 0 aliphatic rings. The second-order valence-corrected chi connectivity index (χ2v) is 4.25. The number of anilines is 1. The first-order chi connectivity index (χ1) is 8.22. The van der Waals surface area contributed by atoms with E-state index >= 15 is 0 Å². The first-order valence-electron chi connectivity index (χ1n) is 6.08. The summed E-state index contributed by atoms with van der Waals surface area (Å²) < 4.78 is 2.01. The van der Waals surface area contributed by atoms with Crippen molar-refractivity contribution in [2.75, 3.05) is 5.73 Å². The maximum atomic E-state index is 6.06. The smallest absolute Gasteiger partial charge is 0.0826 e. The van der Waals surface area contributed by atoms with E-state index in [0.717, 1.165) is 36.5 Å². The number of nitrogens with two attached hydrogens (primary N) is 1. The van der Waals surface area contributed by atoms with Crippen molar-refractivity contribution in [3.8, 4) is 0 Å². The normalized spacial score (nSPS) is 10.7. The Morgan fingerprint density at radius 2 is 1.88 bits per heavy atom. The van der Waals surface area contributed by atoms with Crippen LogP contribution in [0.1, 0.15) is 23.9 Å². The molecule has 0 unspecified atom stereocenters. The number of benzene rings is 1. The second-order valence-electron chi connectivity index (χ2n) is 4.25. The van der Waals surface area contributed by atoms with Gasteiger partial charge in [-0.05, 0) is 32.3 Å². The molecule has 3 heteroatoms. The Hall–Kier alpha value is -1.77. The van der Waals surface area contributed by atoms with E-state index in [2.05, 4.69) is 36.3 Å². The maximum Gasteiger partial charge on any atom is 0.0826 e. The van der Waals surface area contributed by atoms with Gasteiger partial charge in [0.05, 0.1) is 17.1 Å². The number of nitrogens with zero attached hydrogens (tertiary/aromatic N) is 2. The molecule has 2 rings (SSSR count). The lowest BCUT2D eigenvalue weighted by Gasteiger charge is -2.06. The molecule has 0 aliphatic carbocycles. The fourth-order valence-corrected chi connectivity index (χ4v) is 2.08. The maximum absolute atomic E-state index is 6.06. The Morgan fingerprint density at radius 1 is 1.18 bits per heavy atom. The quantitative estimate of drug-likeness (QED) is 0.875. The van der Waals surface area contributed by atoms with Crippen molar-refractivity contribution in [2.45, 2.75) is 33.2 Å². The minimum Gasteiger partial charge on any atom is -0.396 e. The van der Waals surface area contributed by atoms with Gasteiger partial charge in [-0.2, -0.15) is 5.10 Å². The lowest BCUT2D eigenvalue weighted by atomic mass is 10.1. The largest absolute Gasteiger partial charge is 0.396 e. The van der Waals surface area contributed by atoms with Gasteiger partial charge < -0.3 is 5.73 Å². The van der Waals surface area contributed by atoms with Gasteiger partial charge in [-0.3, -0.25) is 4.68 Å². The second kappa shape index (κ2) is 5.04. The highest BCUT2D eigenvalue weighted by molar-refractivity contribution is 5.48. The van der Waals surface area contributed by atoms with E-state index in [-0.39, 0.29) is 0 Å². The van der Waals surface area contributed by atoms with Crippen molar-refractivity contribution in [1.29, 1.82) is 0 Å². The Morgan fingerprint density at radius 3 is 2.53 bits per heavy atom. The van der Waals surface area contributed by atoms with E-state index in [1.54, 1.807) is 0 Å². The molecule has 0 fully saturated rings. The lowest BCUT2D eigenvalue weighted by molar-refractivity contribution is 0.615. The zero-order chi connectivity index (χ0) is 12.3. The third-order valence-electron chi connectivity index (χ3n) is 3.08. The molecule has 3 nitrogen and oxygen atoms in total. The van der Waals surface area contributed by atoms with Crippen molar-refractivity contribution in [3.05, 3.63) is 47.3 Å². The molecule has 0 amide bonds. The van der Waals surface area contributed by atoms with Crippen LogP contribution in [0.15, 0.2) is 30.3 Å². The van der Waals surface area contributed by atoms with Crippen LogP contribution in [0, 0.1) is 6.92 Å². The molecule has 1 aromatic heterocycles. The number of aryl methyl sites for hydroxylation is 3. The summed E-state index contributed by atoms with van der Waals surface area (Å²) in [5.41, 5.74) is 10.4. The lowest BCUT2D eigenvalue weighted by Crippen LogP contribution is -2.05. The van der Waals surface area contributed by atoms with E-state index < -0.39 is 0 Å². The molecule has 90 valence electrons. The minimum atomic E-state index is 0.850. The summed E-state index contributed by atoms with van der Waals surface area (Å²) in [6, 6.07) is 10.5. The average molecular weight is 229 g/mol. The average Bonchev–Trinajstić information content (AvgIpc) is 2.64. The molecule has 0 spiro atoms. The topological polar surface area (TPSA) is 43.8 Å². The molecule has 2 N–H and O–H groups in total. The van der Waals surface area contributed by atoms with Gasteiger partial charge in [0.1, 0.15) is 0 Å². The zero-order valence-electron chi connectivity index (χ0n) is 10.5. The van der Waals surface area contributed by atoms with Crippen molar-refractivity contribution < 1.29 is 0 Å². The van der Waals surface area contributed by atoms with E-state index in [1.807, 2.05) is 17.7 Å². The number of hydrogen-bond donors (Lipinski definition) is 1. The molecule has 2 aromatic rings. The van der Waals surface area contributed by atoms with Gasteiger partial charge in [0.15, 0.2) is 0 Å². The molecular formula is C14H19N3. The highest BCUT2D eigenvalue weighted by atomic mass is 15.3. The fraction of sp³-hybridized carbons (Fsp3) is 0.357. The standard InChI is InChI=1S/C14H19N3/c1-3-17-13(14(15)11(2)16-17)10-9-12-7-5-4-6-8-12/h4-8H,3,9-10,15H2,1-2H3. The Bertz CT molecular complexity index is 486. The Balaban J connectivity index is 2.14. The summed E-state index contributed by atoms with van der Waals surface area (Å²) in [6.07, 6.45) is 1.96. The van der Waals surface area contributed by atoms with Crippen molar-refractivity contribution in [2.24, 2.45) is 0 Å². The molecule has 0 saturated carbocycles. The van der Waals surface area contributed by atoms with E-state index in [0.29, 0.717) is 0 Å². The molecule has 0 saturated heterocycles. The molecule has 0 aliphatic heterocycles. The van der Waals surface area contributed by atoms with Crippen molar-refractivity contribution >= 4 is 5.69 Å². The third kappa shape index (κ3) is 2.49. The predicted molar refractivity (Wildman–Crippen MR) is 70.9 cm³/mol. The van der Waals surface area contributed by atoms with Crippen LogP contribution in [0.3, 0.4) is 0 Å². The van der Waals surface area contributed by atoms with Gasteiger partial charge in [-0.15, -0.1) is 0 Å². The summed E-state index contributed by atoms with van der Waals surface area (Å²) in [6.45, 7) is 4.94. The molecule has 0 radical (unpaired) electrons. The van der Waals surface area contributed by atoms with Crippen LogP contribution >= 0.6 is 0 Å². The van der Waals surface area contributed by atoms with Crippen LogP contribution in [0.4, 0.5) is 5.69 Å². The summed E-state index contributed by atoms with van der Waals surface area (Å²) in [7, 11) is 0. The van der Waals surface area contributed by atoms with Crippen molar-refractivity contribution in [3.63, 3.8) is 0 Å². The monoisotopic (exact) mass is 229 g/mol. The number of rotatable bonds is 4. The van der Waals surface area contributed by atoms with Crippen LogP contribution in [-0.2, 0) is 19.4 Å². The predicted octanol–water partition coefficient (Wildman–Crippen LogP) is 2.58. The summed E-state index contributed by atoms with van der Waals surface area (Å²) in [4.78, 5) is 0. The van der Waals surface area contributed by atoms with Gasteiger partial charge in [0.25, 0.3) is 0 Å². The molecule has 17 heavy (non-hydrogen) atoms. The number of nitrogen functional groups attached to an aromatic ring is 1. The van der Waals surface area contributed by atoms with Gasteiger partial charge in [-0.25, -0.2) is 0 Å². The van der Waals surface area contributed by atoms with E-state index in [1.165, 1.54) is 5.56 Å². The Labute approximate surface area is 102 Å². The van der Waals surface area contributed by atoms with Gasteiger partial charge in [0.2, 0.25) is 0 Å². The zero-order valence-corrected chi connectivity index (χ0v) is 10.5. The molecule has 0 bridgehead atoms. The van der Waals surface area contributed by atoms with Crippen LogP contribution in [0.2, 0.25) is 0 Å². The Kier molecular flexibility index (Phi) is 3.47. The van der Waals surface area contributed by atoms with Crippen molar-refractivity contribution in [1.82, 2.24) is 9.78 Å². The summed E-state index contributed by atoms with van der Waals surface area (Å²) in [5.74, 6) is 0. The van der Waals surface area contributed by atoms with Gasteiger partial charge in [-0.1, -0.05) is 30.3 Å². The SMILES string of the molecule is CCn1nc(C)c(N)c1CCc1ccccc1. The molecule has 1 heterocycles. The number of hydrogen-bond acceptors (Lipinski definition) is 2. The highest BCUT2D eigenvalue weighted by Gasteiger charge is 2.10. The van der Waals surface area contributed by atoms with Crippen LogP contribution in [-0.4, -0.2) is 9.78 Å². The van der Waals surface area contributed by atoms with E-state index in [4.69, 9.17) is 5.73 Å². The van der Waals surface area contributed by atoms with Crippen LogP contribution in [0.25, 0.3) is 0 Å². The molecule has 0 atom stereocenters. The van der Waals surface area contributed by atoms with Crippen LogP contribution < -0.4 is 5.73 Å². The first kappa shape index (κ1) is 11.7. The summed E-state index contributed by atoms with van der Waals surface area (Å²) >= 11 is 0. The summed E-state index contributed by atoms with van der Waals surface area (Å²) in [5, 5.41) is 4.43. The third-order valence-corrected chi connectivity index (χ3v) is 3.08. The fourth-order valence-electron chi connectivity index (χ4n) is 2.08. The molecular weight excluding hydrogens is 210 g/mol.